The molecule has 16 heavy (non-hydrogen) atoms. The van der Waals surface area contributed by atoms with Gasteiger partial charge in [0.05, 0.1) is 3.79 Å². The first-order chi connectivity index (χ1) is 7.70. The third-order valence-corrected chi connectivity index (χ3v) is 5.21. The predicted octanol–water partition coefficient (Wildman–Crippen LogP) is 3.07. The second kappa shape index (κ2) is 5.63. The van der Waals surface area contributed by atoms with Crippen LogP contribution in [0.2, 0.25) is 0 Å². The van der Waals surface area contributed by atoms with Gasteiger partial charge < -0.3 is 10.4 Å². The third kappa shape index (κ3) is 3.29. The fourth-order valence-corrected chi connectivity index (χ4v) is 3.56. The summed E-state index contributed by atoms with van der Waals surface area (Å²) in [7, 11) is 0. The Morgan fingerprint density at radius 2 is 2.38 bits per heavy atom. The lowest BCUT2D eigenvalue weighted by atomic mass is 10.1. The maximum Gasteiger partial charge on any atom is 0.0730 e. The Bertz CT molecular complexity index is 329. The molecule has 1 fully saturated rings. The first-order valence-electron chi connectivity index (χ1n) is 5.79. The van der Waals surface area contributed by atoms with E-state index in [1.165, 1.54) is 27.1 Å². The largest absolute Gasteiger partial charge is 0.396 e. The molecule has 1 aliphatic rings. The van der Waals surface area contributed by atoms with Crippen molar-refractivity contribution in [3.8, 4) is 0 Å². The van der Waals surface area contributed by atoms with Crippen LogP contribution in [0.15, 0.2) is 9.85 Å². The molecule has 2 rings (SSSR count). The van der Waals surface area contributed by atoms with Crippen molar-refractivity contribution in [1.29, 1.82) is 0 Å². The van der Waals surface area contributed by atoms with Gasteiger partial charge >= 0.3 is 0 Å². The Morgan fingerprint density at radius 3 is 2.88 bits per heavy atom. The van der Waals surface area contributed by atoms with Gasteiger partial charge in [0.15, 0.2) is 0 Å². The summed E-state index contributed by atoms with van der Waals surface area (Å²) in [6, 6.07) is 2.73. The Morgan fingerprint density at radius 1 is 1.62 bits per heavy atom. The number of nitrogens with one attached hydrogen (secondary N) is 1. The van der Waals surface area contributed by atoms with E-state index in [0.717, 1.165) is 18.9 Å². The summed E-state index contributed by atoms with van der Waals surface area (Å²) < 4.78 is 1.23. The number of halogens is 1. The Kier molecular flexibility index (Phi) is 4.41. The van der Waals surface area contributed by atoms with Crippen molar-refractivity contribution in [1.82, 2.24) is 5.32 Å². The lowest BCUT2D eigenvalue weighted by Crippen LogP contribution is -2.31. The van der Waals surface area contributed by atoms with Gasteiger partial charge in [-0.25, -0.2) is 0 Å². The summed E-state index contributed by atoms with van der Waals surface area (Å²) in [4.78, 5) is 1.37. The van der Waals surface area contributed by atoms with Crippen molar-refractivity contribution in [2.45, 2.75) is 38.8 Å². The third-order valence-electron chi connectivity index (χ3n) is 3.08. The number of aliphatic hydroxyl groups is 1. The molecule has 0 saturated heterocycles. The van der Waals surface area contributed by atoms with E-state index in [-0.39, 0.29) is 0 Å². The summed E-state index contributed by atoms with van der Waals surface area (Å²) in [5, 5.41) is 12.6. The number of aryl methyl sites for hydroxylation is 1. The van der Waals surface area contributed by atoms with Crippen LogP contribution in [0, 0.1) is 12.8 Å². The highest BCUT2D eigenvalue weighted by Gasteiger charge is 2.30. The molecule has 1 atom stereocenters. The van der Waals surface area contributed by atoms with Crippen LogP contribution < -0.4 is 5.32 Å². The molecule has 2 N–H and O–H groups in total. The molecular weight excluding hydrogens is 286 g/mol. The van der Waals surface area contributed by atoms with Gasteiger partial charge in [0.25, 0.3) is 0 Å². The fourth-order valence-electron chi connectivity index (χ4n) is 1.98. The maximum atomic E-state index is 9.01. The molecule has 1 saturated carbocycles. The van der Waals surface area contributed by atoms with Gasteiger partial charge in [-0.1, -0.05) is 0 Å². The van der Waals surface area contributed by atoms with Gasteiger partial charge in [0, 0.05) is 24.1 Å². The second-order valence-corrected chi connectivity index (χ2v) is 6.96. The highest BCUT2D eigenvalue weighted by atomic mass is 79.9. The summed E-state index contributed by atoms with van der Waals surface area (Å²) >= 11 is 5.34. The minimum atomic E-state index is 0.293. The van der Waals surface area contributed by atoms with Crippen LogP contribution in [-0.2, 0) is 6.54 Å². The zero-order chi connectivity index (χ0) is 11.5. The highest BCUT2D eigenvalue weighted by molar-refractivity contribution is 9.11. The van der Waals surface area contributed by atoms with Crippen LogP contribution in [-0.4, -0.2) is 17.8 Å². The van der Waals surface area contributed by atoms with Crippen molar-refractivity contribution in [2.24, 2.45) is 5.92 Å². The molecule has 2 nitrogen and oxygen atoms in total. The molecule has 0 spiro atoms. The van der Waals surface area contributed by atoms with E-state index in [1.807, 2.05) is 0 Å². The topological polar surface area (TPSA) is 32.3 Å². The first kappa shape index (κ1) is 12.6. The van der Waals surface area contributed by atoms with Crippen LogP contribution in [0.4, 0.5) is 0 Å². The fraction of sp³-hybridized carbons (Fsp3) is 0.667. The van der Waals surface area contributed by atoms with E-state index in [1.54, 1.807) is 11.3 Å². The molecule has 90 valence electrons. The molecule has 4 heteroatoms. The van der Waals surface area contributed by atoms with Crippen LogP contribution >= 0.6 is 27.3 Å². The average molecular weight is 304 g/mol. The number of hydrogen-bond donors (Lipinski definition) is 2. The minimum Gasteiger partial charge on any atom is -0.396 e. The van der Waals surface area contributed by atoms with Crippen LogP contribution in [0.5, 0.6) is 0 Å². The van der Waals surface area contributed by atoms with E-state index in [0.29, 0.717) is 12.6 Å². The van der Waals surface area contributed by atoms with Gasteiger partial charge in [-0.05, 0) is 59.7 Å². The van der Waals surface area contributed by atoms with Crippen molar-refractivity contribution >= 4 is 27.3 Å². The Hall–Kier alpha value is 0.100. The first-order valence-corrected chi connectivity index (χ1v) is 7.40. The second-order valence-electron chi connectivity index (χ2n) is 4.51. The van der Waals surface area contributed by atoms with Crippen molar-refractivity contribution < 1.29 is 5.11 Å². The normalized spacial score (nSPS) is 17.7. The van der Waals surface area contributed by atoms with E-state index < -0.39 is 0 Å². The smallest absolute Gasteiger partial charge is 0.0730 e. The van der Waals surface area contributed by atoms with Gasteiger partial charge in [0.1, 0.15) is 0 Å². The molecule has 0 bridgehead atoms. The van der Waals surface area contributed by atoms with E-state index in [9.17, 15) is 0 Å². The summed E-state index contributed by atoms with van der Waals surface area (Å²) in [6.45, 7) is 3.34. The monoisotopic (exact) mass is 303 g/mol. The quantitative estimate of drug-likeness (QED) is 0.846. The lowest BCUT2D eigenvalue weighted by Gasteiger charge is -2.16. The molecule has 1 aliphatic carbocycles. The van der Waals surface area contributed by atoms with Gasteiger partial charge in [-0.3, -0.25) is 0 Å². The van der Waals surface area contributed by atoms with Crippen molar-refractivity contribution in [3.63, 3.8) is 0 Å². The van der Waals surface area contributed by atoms with Gasteiger partial charge in [-0.15, -0.1) is 11.3 Å². The summed E-state index contributed by atoms with van der Waals surface area (Å²) in [5.74, 6) is 0.802. The van der Waals surface area contributed by atoms with Crippen LogP contribution in [0.3, 0.4) is 0 Å². The molecule has 0 amide bonds. The molecule has 0 aromatic carbocycles. The molecular formula is C12H18BrNOS. The zero-order valence-electron chi connectivity index (χ0n) is 9.50. The Labute approximate surface area is 109 Å². The van der Waals surface area contributed by atoms with Crippen molar-refractivity contribution in [2.75, 3.05) is 6.61 Å². The molecule has 1 heterocycles. The number of hydrogen-bond acceptors (Lipinski definition) is 3. The molecule has 0 aliphatic heterocycles. The molecule has 1 aromatic rings. The highest BCUT2D eigenvalue weighted by Crippen LogP contribution is 2.34. The van der Waals surface area contributed by atoms with Crippen molar-refractivity contribution in [3.05, 3.63) is 20.3 Å². The van der Waals surface area contributed by atoms with E-state index >= 15 is 0 Å². The zero-order valence-corrected chi connectivity index (χ0v) is 11.9. The number of aliphatic hydroxyl groups excluding tert-OH is 1. The summed E-state index contributed by atoms with van der Waals surface area (Å²) in [5.41, 5.74) is 1.31. The number of rotatable bonds is 6. The average Bonchev–Trinajstić information content (AvgIpc) is 3.02. The van der Waals surface area contributed by atoms with Crippen LogP contribution in [0.25, 0.3) is 0 Å². The van der Waals surface area contributed by atoms with Gasteiger partial charge in [0.2, 0.25) is 0 Å². The molecule has 1 aromatic heterocycles. The van der Waals surface area contributed by atoms with Crippen LogP contribution in [0.1, 0.15) is 29.7 Å². The lowest BCUT2D eigenvalue weighted by molar-refractivity contribution is 0.256. The standard InChI is InChI=1S/C12H18BrNOS/c1-8-6-10(16-12(8)13)7-14-11(4-5-15)9-2-3-9/h6,9,11,14-15H,2-5,7H2,1H3. The maximum absolute atomic E-state index is 9.01. The SMILES string of the molecule is Cc1cc(CNC(CCO)C2CC2)sc1Br. The number of thiophene rings is 1. The predicted molar refractivity (Wildman–Crippen MR) is 71.8 cm³/mol. The molecule has 0 radical (unpaired) electrons. The Balaban J connectivity index is 1.84. The minimum absolute atomic E-state index is 0.293. The summed E-state index contributed by atoms with van der Waals surface area (Å²) in [6.07, 6.45) is 3.53. The van der Waals surface area contributed by atoms with Gasteiger partial charge in [-0.2, -0.15) is 0 Å². The van der Waals surface area contributed by atoms with E-state index in [4.69, 9.17) is 5.11 Å². The molecule has 1 unspecified atom stereocenters. The van der Waals surface area contributed by atoms with E-state index in [2.05, 4.69) is 34.2 Å².